The van der Waals surface area contributed by atoms with E-state index in [0.717, 1.165) is 25.3 Å². The lowest BCUT2D eigenvalue weighted by Crippen LogP contribution is -2.36. The van der Waals surface area contributed by atoms with Crippen LogP contribution in [0.5, 0.6) is 0 Å². The Balaban J connectivity index is 1.97. The van der Waals surface area contributed by atoms with Gasteiger partial charge in [0.25, 0.3) is 0 Å². The highest BCUT2D eigenvalue weighted by Crippen LogP contribution is 2.18. The van der Waals surface area contributed by atoms with Crippen molar-refractivity contribution in [1.29, 1.82) is 0 Å². The highest BCUT2D eigenvalue weighted by atomic mass is 16.5. The van der Waals surface area contributed by atoms with E-state index in [0.29, 0.717) is 11.6 Å². The largest absolute Gasteiger partial charge is 0.465 e. The molecule has 0 spiro atoms. The van der Waals surface area contributed by atoms with E-state index in [-0.39, 0.29) is 5.97 Å². The number of ether oxygens (including phenoxy) is 1. The topological polar surface area (TPSA) is 54.5 Å². The summed E-state index contributed by atoms with van der Waals surface area (Å²) in [6.45, 7) is 2.97. The highest BCUT2D eigenvalue weighted by Gasteiger charge is 2.23. The fourth-order valence-corrected chi connectivity index (χ4v) is 2.53. The van der Waals surface area contributed by atoms with Crippen LogP contribution in [0.3, 0.4) is 0 Å². The lowest BCUT2D eigenvalue weighted by molar-refractivity contribution is 0.0600. The number of nitrogens with zero attached hydrogens (tertiary/aromatic N) is 2. The molecule has 0 radical (unpaired) electrons. The molecule has 1 atom stereocenters. The predicted molar refractivity (Wildman–Crippen MR) is 72.9 cm³/mol. The van der Waals surface area contributed by atoms with Crippen LogP contribution in [0.4, 0.5) is 0 Å². The molecule has 1 aromatic heterocycles. The van der Waals surface area contributed by atoms with E-state index in [4.69, 9.17) is 0 Å². The van der Waals surface area contributed by atoms with E-state index >= 15 is 0 Å². The van der Waals surface area contributed by atoms with Crippen molar-refractivity contribution in [1.82, 2.24) is 15.2 Å². The van der Waals surface area contributed by atoms with Gasteiger partial charge in [0.1, 0.15) is 0 Å². The minimum absolute atomic E-state index is 0.340. The third-order valence-corrected chi connectivity index (χ3v) is 3.55. The van der Waals surface area contributed by atoms with Crippen LogP contribution in [0.1, 0.15) is 28.9 Å². The summed E-state index contributed by atoms with van der Waals surface area (Å²) >= 11 is 0. The van der Waals surface area contributed by atoms with Gasteiger partial charge in [0.15, 0.2) is 0 Å². The Morgan fingerprint density at radius 1 is 1.58 bits per heavy atom. The van der Waals surface area contributed by atoms with Crippen molar-refractivity contribution < 1.29 is 9.53 Å². The third-order valence-electron chi connectivity index (χ3n) is 3.55. The molecule has 1 saturated heterocycles. The molecule has 1 N–H and O–H groups in total. The first-order valence-corrected chi connectivity index (χ1v) is 6.66. The monoisotopic (exact) mass is 263 g/mol. The van der Waals surface area contributed by atoms with Gasteiger partial charge in [-0.15, -0.1) is 0 Å². The van der Waals surface area contributed by atoms with Crippen LogP contribution >= 0.6 is 0 Å². The normalized spacial score (nSPS) is 19.6. The standard InChI is InChI=1S/C14H21N3O2/c1-15-9-13-4-3-7-17(13)10-12-6-5-11(8-16-12)14(18)19-2/h5-6,8,13,15H,3-4,7,9-10H2,1-2H3. The van der Waals surface area contributed by atoms with Crippen LogP contribution in [0.15, 0.2) is 18.3 Å². The second kappa shape index (κ2) is 6.63. The molecule has 0 saturated carbocycles. The van der Waals surface area contributed by atoms with Gasteiger partial charge in [-0.05, 0) is 38.6 Å². The molecule has 1 fully saturated rings. The summed E-state index contributed by atoms with van der Waals surface area (Å²) < 4.78 is 4.66. The van der Waals surface area contributed by atoms with Gasteiger partial charge >= 0.3 is 5.97 Å². The zero-order valence-corrected chi connectivity index (χ0v) is 11.6. The first kappa shape index (κ1) is 14.0. The lowest BCUT2D eigenvalue weighted by atomic mass is 10.2. The van der Waals surface area contributed by atoms with Gasteiger partial charge in [0.05, 0.1) is 18.4 Å². The molecule has 0 bridgehead atoms. The van der Waals surface area contributed by atoms with Gasteiger partial charge in [0, 0.05) is 25.3 Å². The van der Waals surface area contributed by atoms with Crippen molar-refractivity contribution in [2.75, 3.05) is 27.2 Å². The molecule has 5 heteroatoms. The lowest BCUT2D eigenvalue weighted by Gasteiger charge is -2.23. The number of carbonyl (C=O) groups is 1. The fourth-order valence-electron chi connectivity index (χ4n) is 2.53. The van der Waals surface area contributed by atoms with Gasteiger partial charge in [-0.2, -0.15) is 0 Å². The molecule has 19 heavy (non-hydrogen) atoms. The molecule has 1 aliphatic heterocycles. The number of hydrogen-bond acceptors (Lipinski definition) is 5. The Morgan fingerprint density at radius 3 is 3.05 bits per heavy atom. The Labute approximate surface area is 114 Å². The second-order valence-electron chi connectivity index (χ2n) is 4.85. The van der Waals surface area contributed by atoms with Crippen molar-refractivity contribution in [2.24, 2.45) is 0 Å². The van der Waals surface area contributed by atoms with Crippen LogP contribution in [0.2, 0.25) is 0 Å². The number of pyridine rings is 1. The molecular weight excluding hydrogens is 242 g/mol. The van der Waals surface area contributed by atoms with Gasteiger partial charge < -0.3 is 10.1 Å². The Kier molecular flexibility index (Phi) is 4.87. The van der Waals surface area contributed by atoms with Crippen LogP contribution in [0, 0.1) is 0 Å². The maximum absolute atomic E-state index is 11.3. The van der Waals surface area contributed by atoms with Gasteiger partial charge in [-0.3, -0.25) is 9.88 Å². The molecule has 1 aliphatic rings. The zero-order chi connectivity index (χ0) is 13.7. The average Bonchev–Trinajstić information content (AvgIpc) is 2.86. The zero-order valence-electron chi connectivity index (χ0n) is 11.6. The predicted octanol–water partition coefficient (Wildman–Crippen LogP) is 1.05. The Morgan fingerprint density at radius 2 is 2.42 bits per heavy atom. The summed E-state index contributed by atoms with van der Waals surface area (Å²) in [7, 11) is 3.36. The highest BCUT2D eigenvalue weighted by molar-refractivity contribution is 5.88. The summed E-state index contributed by atoms with van der Waals surface area (Å²) in [5.74, 6) is -0.340. The maximum Gasteiger partial charge on any atom is 0.339 e. The Bertz CT molecular complexity index is 419. The van der Waals surface area contributed by atoms with Gasteiger partial charge in [-0.25, -0.2) is 4.79 Å². The number of hydrogen-bond donors (Lipinski definition) is 1. The number of rotatable bonds is 5. The summed E-state index contributed by atoms with van der Waals surface area (Å²) in [6, 6.07) is 4.27. The van der Waals surface area contributed by atoms with E-state index < -0.39 is 0 Å². The van der Waals surface area contributed by atoms with Gasteiger partial charge in [-0.1, -0.05) is 0 Å². The van der Waals surface area contributed by atoms with Crippen LogP contribution < -0.4 is 5.32 Å². The van der Waals surface area contributed by atoms with E-state index in [1.807, 2.05) is 13.1 Å². The number of esters is 1. The first-order valence-electron chi connectivity index (χ1n) is 6.66. The molecule has 5 nitrogen and oxygen atoms in total. The van der Waals surface area contributed by atoms with E-state index in [2.05, 4.69) is 19.9 Å². The number of likely N-dealkylation sites (tertiary alicyclic amines) is 1. The molecule has 0 aliphatic carbocycles. The molecular formula is C14H21N3O2. The number of nitrogens with one attached hydrogen (secondary N) is 1. The minimum atomic E-state index is -0.340. The average molecular weight is 263 g/mol. The summed E-state index contributed by atoms with van der Waals surface area (Å²) in [5.41, 5.74) is 1.50. The minimum Gasteiger partial charge on any atom is -0.465 e. The van der Waals surface area contributed by atoms with Crippen molar-refractivity contribution >= 4 is 5.97 Å². The summed E-state index contributed by atoms with van der Waals surface area (Å²) in [5, 5.41) is 3.23. The van der Waals surface area contributed by atoms with Crippen molar-refractivity contribution in [3.05, 3.63) is 29.6 Å². The molecule has 0 aromatic carbocycles. The molecule has 0 amide bonds. The second-order valence-corrected chi connectivity index (χ2v) is 4.85. The van der Waals surface area contributed by atoms with Crippen LogP contribution in [-0.2, 0) is 11.3 Å². The third kappa shape index (κ3) is 3.52. The number of methoxy groups -OCH3 is 1. The van der Waals surface area contributed by atoms with Gasteiger partial charge in [0.2, 0.25) is 0 Å². The number of carbonyl (C=O) groups excluding carboxylic acids is 1. The maximum atomic E-state index is 11.3. The van der Waals surface area contributed by atoms with Crippen LogP contribution in [-0.4, -0.2) is 49.1 Å². The first-order chi connectivity index (χ1) is 9.24. The molecule has 1 unspecified atom stereocenters. The quantitative estimate of drug-likeness (QED) is 0.805. The van der Waals surface area contributed by atoms with Crippen molar-refractivity contribution in [3.8, 4) is 0 Å². The molecule has 104 valence electrons. The van der Waals surface area contributed by atoms with Crippen molar-refractivity contribution in [2.45, 2.75) is 25.4 Å². The SMILES string of the molecule is CNCC1CCCN1Cc1ccc(C(=O)OC)cn1. The smallest absolute Gasteiger partial charge is 0.339 e. The fraction of sp³-hybridized carbons (Fsp3) is 0.571. The molecule has 2 heterocycles. The van der Waals surface area contributed by atoms with Crippen LogP contribution in [0.25, 0.3) is 0 Å². The summed E-state index contributed by atoms with van der Waals surface area (Å²) in [6.07, 6.45) is 4.07. The Hall–Kier alpha value is -1.46. The number of likely N-dealkylation sites (N-methyl/N-ethyl adjacent to an activating group) is 1. The van der Waals surface area contributed by atoms with E-state index in [9.17, 15) is 4.79 Å². The van der Waals surface area contributed by atoms with Crippen molar-refractivity contribution in [3.63, 3.8) is 0 Å². The molecule has 2 rings (SSSR count). The van der Waals surface area contributed by atoms with E-state index in [1.165, 1.54) is 20.0 Å². The summed E-state index contributed by atoms with van der Waals surface area (Å²) in [4.78, 5) is 18.1. The molecule has 1 aromatic rings. The number of aromatic nitrogens is 1. The van der Waals surface area contributed by atoms with E-state index in [1.54, 1.807) is 12.3 Å².